The van der Waals surface area contributed by atoms with Crippen LogP contribution >= 0.6 is 0 Å². The Bertz CT molecular complexity index is 167. The topological polar surface area (TPSA) is 44.3 Å². The van der Waals surface area contributed by atoms with Gasteiger partial charge in [0.2, 0.25) is 0 Å². The van der Waals surface area contributed by atoms with E-state index in [-0.39, 0.29) is 12.6 Å². The standard InChI is InChI=1S/C8H14N2O/c1-7(6-11)10-9-5-4-8-2-3-8/h7-11H,2-3,6H2,1H3/t7-/m1/s1. The third-order valence-corrected chi connectivity index (χ3v) is 1.51. The molecule has 1 fully saturated rings. The maximum Gasteiger partial charge on any atom is 0.0600 e. The summed E-state index contributed by atoms with van der Waals surface area (Å²) < 4.78 is 0. The van der Waals surface area contributed by atoms with Crippen LogP contribution in [0.15, 0.2) is 0 Å². The number of rotatable bonds is 3. The lowest BCUT2D eigenvalue weighted by molar-refractivity contribution is 0.246. The molecule has 0 bridgehead atoms. The monoisotopic (exact) mass is 154 g/mol. The Balaban J connectivity index is 1.99. The van der Waals surface area contributed by atoms with E-state index in [1.165, 1.54) is 12.8 Å². The van der Waals surface area contributed by atoms with Crippen LogP contribution in [0.2, 0.25) is 0 Å². The van der Waals surface area contributed by atoms with Crippen molar-refractivity contribution < 1.29 is 5.11 Å². The van der Waals surface area contributed by atoms with Crippen LogP contribution in [0.1, 0.15) is 19.8 Å². The summed E-state index contributed by atoms with van der Waals surface area (Å²) >= 11 is 0. The maximum absolute atomic E-state index is 8.60. The molecule has 0 saturated heterocycles. The number of hydrogen-bond donors (Lipinski definition) is 3. The van der Waals surface area contributed by atoms with Crippen LogP contribution in [0.4, 0.5) is 0 Å². The van der Waals surface area contributed by atoms with Crippen LogP contribution in [-0.4, -0.2) is 17.8 Å². The Kier molecular flexibility index (Phi) is 3.21. The SMILES string of the molecule is C[C@H](CO)NNC#CC1CC1. The number of aliphatic hydroxyl groups is 1. The van der Waals surface area contributed by atoms with Gasteiger partial charge in [0.05, 0.1) is 6.61 Å². The van der Waals surface area contributed by atoms with Crippen LogP contribution in [0.25, 0.3) is 0 Å². The molecule has 0 unspecified atom stereocenters. The van der Waals surface area contributed by atoms with Gasteiger partial charge in [0.1, 0.15) is 0 Å². The lowest BCUT2D eigenvalue weighted by atomic mass is 10.4. The Morgan fingerprint density at radius 2 is 2.36 bits per heavy atom. The van der Waals surface area contributed by atoms with E-state index in [1.807, 2.05) is 6.92 Å². The molecule has 1 aliphatic rings. The van der Waals surface area contributed by atoms with E-state index in [0.717, 1.165) is 0 Å². The molecule has 1 saturated carbocycles. The maximum atomic E-state index is 8.60. The second-order valence-corrected chi connectivity index (χ2v) is 2.90. The Hall–Kier alpha value is -0.720. The lowest BCUT2D eigenvalue weighted by Crippen LogP contribution is -2.38. The number of nitrogens with one attached hydrogen (secondary N) is 2. The second-order valence-electron chi connectivity index (χ2n) is 2.90. The minimum absolute atomic E-state index is 0.0588. The van der Waals surface area contributed by atoms with Gasteiger partial charge in [0, 0.05) is 18.0 Å². The van der Waals surface area contributed by atoms with Gasteiger partial charge in [-0.25, -0.2) is 5.43 Å². The number of hydrogen-bond acceptors (Lipinski definition) is 3. The van der Waals surface area contributed by atoms with Crippen LogP contribution < -0.4 is 10.9 Å². The largest absolute Gasteiger partial charge is 0.395 e. The fourth-order valence-corrected chi connectivity index (χ4v) is 0.571. The van der Waals surface area contributed by atoms with Gasteiger partial charge >= 0.3 is 0 Å². The fraction of sp³-hybridized carbons (Fsp3) is 0.750. The zero-order valence-electron chi connectivity index (χ0n) is 6.72. The van der Waals surface area contributed by atoms with Crippen LogP contribution in [0.3, 0.4) is 0 Å². The molecule has 3 nitrogen and oxygen atoms in total. The van der Waals surface area contributed by atoms with Crippen molar-refractivity contribution in [2.45, 2.75) is 25.8 Å². The van der Waals surface area contributed by atoms with Gasteiger partial charge in [-0.2, -0.15) is 0 Å². The molecule has 1 rings (SSSR count). The average Bonchev–Trinajstić information content (AvgIpc) is 2.81. The summed E-state index contributed by atoms with van der Waals surface area (Å²) in [4.78, 5) is 0. The number of hydrazine groups is 1. The van der Waals surface area contributed by atoms with Crippen molar-refractivity contribution in [2.24, 2.45) is 5.92 Å². The van der Waals surface area contributed by atoms with Gasteiger partial charge in [-0.05, 0) is 19.8 Å². The van der Waals surface area contributed by atoms with Crippen LogP contribution in [-0.2, 0) is 0 Å². The highest BCUT2D eigenvalue weighted by atomic mass is 16.3. The van der Waals surface area contributed by atoms with E-state index in [9.17, 15) is 0 Å². The van der Waals surface area contributed by atoms with E-state index < -0.39 is 0 Å². The molecule has 0 spiro atoms. The molecule has 0 aliphatic heterocycles. The van der Waals surface area contributed by atoms with Crippen LogP contribution in [0.5, 0.6) is 0 Å². The highest BCUT2D eigenvalue weighted by molar-refractivity contribution is 5.07. The van der Waals surface area contributed by atoms with Crippen molar-refractivity contribution in [3.63, 3.8) is 0 Å². The third kappa shape index (κ3) is 3.87. The Morgan fingerprint density at radius 3 is 2.91 bits per heavy atom. The molecular formula is C8H14N2O. The summed E-state index contributed by atoms with van der Waals surface area (Å²) in [5.41, 5.74) is 5.58. The van der Waals surface area contributed by atoms with Gasteiger partial charge in [-0.15, -0.1) is 0 Å². The average molecular weight is 154 g/mol. The summed E-state index contributed by atoms with van der Waals surface area (Å²) in [6, 6.07) is 2.85. The molecule has 0 radical (unpaired) electrons. The summed E-state index contributed by atoms with van der Waals surface area (Å²) in [6.07, 6.45) is 2.48. The normalized spacial score (nSPS) is 18.4. The molecule has 11 heavy (non-hydrogen) atoms. The minimum atomic E-state index is 0.0588. The first kappa shape index (κ1) is 8.38. The summed E-state index contributed by atoms with van der Waals surface area (Å²) in [5.74, 6) is 3.65. The zero-order chi connectivity index (χ0) is 8.10. The third-order valence-electron chi connectivity index (χ3n) is 1.51. The predicted molar refractivity (Wildman–Crippen MR) is 43.3 cm³/mol. The van der Waals surface area contributed by atoms with Crippen molar-refractivity contribution in [3.8, 4) is 12.0 Å². The van der Waals surface area contributed by atoms with Crippen molar-refractivity contribution in [3.05, 3.63) is 0 Å². The second kappa shape index (κ2) is 4.22. The molecule has 62 valence electrons. The number of aliphatic hydroxyl groups excluding tert-OH is 1. The van der Waals surface area contributed by atoms with Gasteiger partial charge in [-0.1, -0.05) is 5.92 Å². The highest BCUT2D eigenvalue weighted by Gasteiger charge is 2.17. The minimum Gasteiger partial charge on any atom is -0.395 e. The van der Waals surface area contributed by atoms with Crippen molar-refractivity contribution >= 4 is 0 Å². The molecule has 0 amide bonds. The van der Waals surface area contributed by atoms with Crippen molar-refractivity contribution in [1.29, 1.82) is 0 Å². The lowest BCUT2D eigenvalue weighted by Gasteiger charge is -2.07. The Morgan fingerprint density at radius 1 is 1.64 bits per heavy atom. The van der Waals surface area contributed by atoms with Crippen molar-refractivity contribution in [2.75, 3.05) is 6.61 Å². The highest BCUT2D eigenvalue weighted by Crippen LogP contribution is 2.27. The van der Waals surface area contributed by atoms with E-state index >= 15 is 0 Å². The molecule has 3 N–H and O–H groups in total. The fourth-order valence-electron chi connectivity index (χ4n) is 0.571. The van der Waals surface area contributed by atoms with E-state index in [2.05, 4.69) is 22.8 Å². The molecule has 0 heterocycles. The molecule has 0 aromatic heterocycles. The summed E-state index contributed by atoms with van der Waals surface area (Å²) in [5, 5.41) is 8.60. The Labute approximate surface area is 67.2 Å². The van der Waals surface area contributed by atoms with Crippen molar-refractivity contribution in [1.82, 2.24) is 10.9 Å². The summed E-state index contributed by atoms with van der Waals surface area (Å²) in [6.45, 7) is 2.00. The van der Waals surface area contributed by atoms with Gasteiger partial charge in [-0.3, -0.25) is 5.43 Å². The van der Waals surface area contributed by atoms with Crippen LogP contribution in [0, 0.1) is 17.9 Å². The van der Waals surface area contributed by atoms with E-state index in [1.54, 1.807) is 0 Å². The molecule has 0 aromatic carbocycles. The molecule has 1 atom stereocenters. The van der Waals surface area contributed by atoms with Gasteiger partial charge < -0.3 is 5.11 Å². The van der Waals surface area contributed by atoms with E-state index in [0.29, 0.717) is 5.92 Å². The first-order chi connectivity index (χ1) is 5.33. The summed E-state index contributed by atoms with van der Waals surface area (Å²) in [7, 11) is 0. The molecule has 1 aliphatic carbocycles. The quantitative estimate of drug-likeness (QED) is 0.300. The first-order valence-electron chi connectivity index (χ1n) is 3.95. The smallest absolute Gasteiger partial charge is 0.0600 e. The molecule has 3 heteroatoms. The predicted octanol–water partition coefficient (Wildman–Crippen LogP) is -0.168. The van der Waals surface area contributed by atoms with E-state index in [4.69, 9.17) is 5.11 Å². The van der Waals surface area contributed by atoms with Gasteiger partial charge in [0.15, 0.2) is 0 Å². The first-order valence-corrected chi connectivity index (χ1v) is 3.95. The molecule has 0 aromatic rings. The zero-order valence-corrected chi connectivity index (χ0v) is 6.72. The van der Waals surface area contributed by atoms with Gasteiger partial charge in [0.25, 0.3) is 0 Å². The molecular weight excluding hydrogens is 140 g/mol.